The van der Waals surface area contributed by atoms with E-state index >= 15 is 0 Å². The van der Waals surface area contributed by atoms with Crippen LogP contribution in [-0.4, -0.2) is 20.9 Å². The predicted octanol–water partition coefficient (Wildman–Crippen LogP) is 3.37. The highest BCUT2D eigenvalue weighted by Gasteiger charge is 2.09. The predicted molar refractivity (Wildman–Crippen MR) is 85.9 cm³/mol. The molecule has 106 valence electrons. The van der Waals surface area contributed by atoms with Crippen LogP contribution in [0.2, 0.25) is 0 Å². The Morgan fingerprint density at radius 2 is 1.80 bits per heavy atom. The highest BCUT2D eigenvalue weighted by Crippen LogP contribution is 2.26. The molecule has 0 radical (unpaired) electrons. The Morgan fingerprint density at radius 1 is 1.10 bits per heavy atom. The molecule has 0 aromatic heterocycles. The smallest absolute Gasteiger partial charge is 0.229 e. The largest absolute Gasteiger partial charge is 0.283 e. The van der Waals surface area contributed by atoms with Gasteiger partial charge in [0, 0.05) is 4.90 Å². The molecule has 1 N–H and O–H groups in total. The number of hydrogen-bond acceptors (Lipinski definition) is 3. The Labute approximate surface area is 124 Å². The summed E-state index contributed by atoms with van der Waals surface area (Å²) in [5.74, 6) is 0. The topological polar surface area (TPSA) is 46.2 Å². The minimum Gasteiger partial charge on any atom is -0.283 e. The molecule has 0 aliphatic rings. The fourth-order valence-corrected chi connectivity index (χ4v) is 2.98. The van der Waals surface area contributed by atoms with Crippen molar-refractivity contribution in [2.45, 2.75) is 11.3 Å². The van der Waals surface area contributed by atoms with E-state index < -0.39 is 10.0 Å². The van der Waals surface area contributed by atoms with Crippen LogP contribution in [0, 0.1) is 0 Å². The summed E-state index contributed by atoms with van der Waals surface area (Å²) in [6.45, 7) is 0. The molecule has 2 rings (SSSR count). The van der Waals surface area contributed by atoms with Gasteiger partial charge in [-0.25, -0.2) is 8.42 Å². The van der Waals surface area contributed by atoms with Crippen LogP contribution in [0.4, 0.5) is 5.69 Å². The van der Waals surface area contributed by atoms with E-state index in [0.717, 1.165) is 16.0 Å². The third-order valence-corrected chi connectivity index (χ3v) is 4.17. The van der Waals surface area contributed by atoms with Crippen LogP contribution in [0.25, 0.3) is 0 Å². The normalized spacial score (nSPS) is 11.3. The lowest BCUT2D eigenvalue weighted by molar-refractivity contribution is 0.606. The second kappa shape index (κ2) is 6.33. The van der Waals surface area contributed by atoms with E-state index in [1.54, 1.807) is 11.8 Å². The number of thioether (sulfide) groups is 1. The zero-order valence-corrected chi connectivity index (χ0v) is 13.1. The van der Waals surface area contributed by atoms with Gasteiger partial charge >= 0.3 is 0 Å². The summed E-state index contributed by atoms with van der Waals surface area (Å²) in [4.78, 5) is 1.04. The van der Waals surface area contributed by atoms with Gasteiger partial charge in [0.1, 0.15) is 0 Å². The van der Waals surface area contributed by atoms with Crippen molar-refractivity contribution in [3.8, 4) is 0 Å². The van der Waals surface area contributed by atoms with Crippen LogP contribution in [0.1, 0.15) is 11.1 Å². The monoisotopic (exact) mass is 307 g/mol. The Morgan fingerprint density at radius 3 is 2.40 bits per heavy atom. The first-order valence-corrected chi connectivity index (χ1v) is 9.28. The zero-order chi connectivity index (χ0) is 14.6. The molecule has 0 heterocycles. The van der Waals surface area contributed by atoms with Crippen LogP contribution in [0.3, 0.4) is 0 Å². The maximum atomic E-state index is 11.5. The second-order valence-corrected chi connectivity index (χ2v) is 7.19. The summed E-state index contributed by atoms with van der Waals surface area (Å²) < 4.78 is 25.6. The molecule has 0 aliphatic heterocycles. The van der Waals surface area contributed by atoms with Gasteiger partial charge in [0.15, 0.2) is 0 Å². The van der Waals surface area contributed by atoms with Crippen molar-refractivity contribution in [1.82, 2.24) is 0 Å². The first kappa shape index (κ1) is 14.9. The van der Waals surface area contributed by atoms with Crippen molar-refractivity contribution in [2.75, 3.05) is 17.2 Å². The molecule has 0 atom stereocenters. The van der Waals surface area contributed by atoms with E-state index in [1.807, 2.05) is 54.8 Å². The fraction of sp³-hybridized carbons (Fsp3) is 0.200. The molecule has 0 bridgehead atoms. The van der Waals surface area contributed by atoms with Gasteiger partial charge in [0.2, 0.25) is 10.0 Å². The fourth-order valence-electron chi connectivity index (χ4n) is 1.95. The third kappa shape index (κ3) is 4.28. The van der Waals surface area contributed by atoms with Gasteiger partial charge in [-0.15, -0.1) is 11.8 Å². The summed E-state index contributed by atoms with van der Waals surface area (Å²) in [5.41, 5.74) is 2.78. The number of nitrogens with one attached hydrogen (secondary N) is 1. The van der Waals surface area contributed by atoms with Crippen molar-refractivity contribution in [3.05, 3.63) is 59.7 Å². The highest BCUT2D eigenvalue weighted by molar-refractivity contribution is 7.98. The molecule has 5 heteroatoms. The molecule has 0 amide bonds. The van der Waals surface area contributed by atoms with E-state index in [4.69, 9.17) is 0 Å². The van der Waals surface area contributed by atoms with E-state index in [0.29, 0.717) is 12.1 Å². The molecule has 0 fully saturated rings. The highest BCUT2D eigenvalue weighted by atomic mass is 32.2. The molecule has 20 heavy (non-hydrogen) atoms. The SMILES string of the molecule is CSc1ccc(Cc2ccccc2)c(NS(C)(=O)=O)c1. The average Bonchev–Trinajstić information content (AvgIpc) is 2.40. The first-order chi connectivity index (χ1) is 9.48. The van der Waals surface area contributed by atoms with E-state index in [1.165, 1.54) is 6.26 Å². The van der Waals surface area contributed by atoms with Crippen molar-refractivity contribution in [3.63, 3.8) is 0 Å². The van der Waals surface area contributed by atoms with Gasteiger partial charge in [-0.3, -0.25) is 4.72 Å². The van der Waals surface area contributed by atoms with Gasteiger partial charge in [-0.2, -0.15) is 0 Å². The molecular weight excluding hydrogens is 290 g/mol. The summed E-state index contributed by atoms with van der Waals surface area (Å²) in [7, 11) is -3.28. The number of sulfonamides is 1. The van der Waals surface area contributed by atoms with Gasteiger partial charge in [0.25, 0.3) is 0 Å². The minimum atomic E-state index is -3.28. The number of benzene rings is 2. The maximum Gasteiger partial charge on any atom is 0.229 e. The van der Waals surface area contributed by atoms with Crippen molar-refractivity contribution in [2.24, 2.45) is 0 Å². The first-order valence-electron chi connectivity index (χ1n) is 6.16. The Balaban J connectivity index is 2.36. The number of rotatable bonds is 5. The molecule has 0 saturated heterocycles. The van der Waals surface area contributed by atoms with E-state index in [9.17, 15) is 8.42 Å². The van der Waals surface area contributed by atoms with Crippen LogP contribution < -0.4 is 4.72 Å². The lowest BCUT2D eigenvalue weighted by atomic mass is 10.0. The third-order valence-electron chi connectivity index (χ3n) is 2.85. The van der Waals surface area contributed by atoms with Gasteiger partial charge in [0.05, 0.1) is 11.9 Å². The molecule has 2 aromatic carbocycles. The molecular formula is C15H17NO2S2. The zero-order valence-electron chi connectivity index (χ0n) is 11.5. The lowest BCUT2D eigenvalue weighted by Gasteiger charge is -2.12. The second-order valence-electron chi connectivity index (χ2n) is 4.56. The Hall–Kier alpha value is -1.46. The summed E-state index contributed by atoms with van der Waals surface area (Å²) >= 11 is 1.59. The van der Waals surface area contributed by atoms with Gasteiger partial charge in [-0.05, 0) is 35.9 Å². The molecule has 0 aliphatic carbocycles. The minimum absolute atomic E-state index is 0.656. The van der Waals surface area contributed by atoms with Crippen LogP contribution in [0.15, 0.2) is 53.4 Å². The Kier molecular flexibility index (Phi) is 4.73. The van der Waals surface area contributed by atoms with Crippen LogP contribution >= 0.6 is 11.8 Å². The Bertz CT molecular complexity index is 682. The average molecular weight is 307 g/mol. The standard InChI is InChI=1S/C15H17NO2S2/c1-19-14-9-8-13(10-12-6-4-3-5-7-12)15(11-14)16-20(2,17)18/h3-9,11,16H,10H2,1-2H3. The number of hydrogen-bond donors (Lipinski definition) is 1. The van der Waals surface area contributed by atoms with Gasteiger partial charge < -0.3 is 0 Å². The van der Waals surface area contributed by atoms with Crippen LogP contribution in [-0.2, 0) is 16.4 Å². The summed E-state index contributed by atoms with van der Waals surface area (Å²) in [6, 6.07) is 15.9. The van der Waals surface area contributed by atoms with Crippen LogP contribution in [0.5, 0.6) is 0 Å². The molecule has 0 spiro atoms. The van der Waals surface area contributed by atoms with Crippen molar-refractivity contribution in [1.29, 1.82) is 0 Å². The van der Waals surface area contributed by atoms with E-state index in [2.05, 4.69) is 4.72 Å². The van der Waals surface area contributed by atoms with Crippen molar-refractivity contribution < 1.29 is 8.42 Å². The number of anilines is 1. The van der Waals surface area contributed by atoms with E-state index in [-0.39, 0.29) is 0 Å². The van der Waals surface area contributed by atoms with Gasteiger partial charge in [-0.1, -0.05) is 36.4 Å². The molecule has 3 nitrogen and oxygen atoms in total. The maximum absolute atomic E-state index is 11.5. The quantitative estimate of drug-likeness (QED) is 0.862. The van der Waals surface area contributed by atoms with Crippen molar-refractivity contribution >= 4 is 27.5 Å². The molecule has 0 saturated carbocycles. The molecule has 2 aromatic rings. The summed E-state index contributed by atoms with van der Waals surface area (Å²) in [5, 5.41) is 0. The summed E-state index contributed by atoms with van der Waals surface area (Å²) in [6.07, 6.45) is 3.84. The lowest BCUT2D eigenvalue weighted by Crippen LogP contribution is -2.11. The molecule has 0 unspecified atom stereocenters.